The molecule has 1 aliphatic rings. The molecule has 0 unspecified atom stereocenters. The zero-order valence-electron chi connectivity index (χ0n) is 8.82. The fraction of sp³-hybridized carbons (Fsp3) is 1.00. The molecule has 1 fully saturated rings. The van der Waals surface area contributed by atoms with Crippen molar-refractivity contribution >= 4 is 10.0 Å². The van der Waals surface area contributed by atoms with Gasteiger partial charge >= 0.3 is 0 Å². The number of nitrogens with zero attached hydrogens (tertiary/aromatic N) is 1. The van der Waals surface area contributed by atoms with Crippen molar-refractivity contribution in [3.05, 3.63) is 0 Å². The third-order valence-electron chi connectivity index (χ3n) is 2.71. The summed E-state index contributed by atoms with van der Waals surface area (Å²) in [6.45, 7) is 8.35. The van der Waals surface area contributed by atoms with Crippen LogP contribution < -0.4 is 0 Å². The van der Waals surface area contributed by atoms with E-state index in [1.807, 2.05) is 0 Å². The molecular weight excluding hydrogens is 186 g/mol. The summed E-state index contributed by atoms with van der Waals surface area (Å²) in [6, 6.07) is 0.243. The lowest BCUT2D eigenvalue weighted by molar-refractivity contribution is 0.149. The third-order valence-corrected chi connectivity index (χ3v) is 5.01. The van der Waals surface area contributed by atoms with Crippen molar-refractivity contribution < 1.29 is 8.42 Å². The van der Waals surface area contributed by atoms with Gasteiger partial charge in [0, 0.05) is 12.6 Å². The van der Waals surface area contributed by atoms with Crippen molar-refractivity contribution in [3.63, 3.8) is 0 Å². The summed E-state index contributed by atoms with van der Waals surface area (Å²) in [5.74, 6) is 0.433. The molecule has 78 valence electrons. The van der Waals surface area contributed by atoms with Gasteiger partial charge < -0.3 is 0 Å². The summed E-state index contributed by atoms with van der Waals surface area (Å²) in [4.78, 5) is 0. The highest BCUT2D eigenvalue weighted by molar-refractivity contribution is 7.89. The zero-order valence-corrected chi connectivity index (χ0v) is 9.63. The summed E-state index contributed by atoms with van der Waals surface area (Å²) < 4.78 is 25.2. The number of hydrogen-bond acceptors (Lipinski definition) is 2. The molecule has 1 atom stereocenters. The summed E-state index contributed by atoms with van der Waals surface area (Å²) in [5.41, 5.74) is 0. The van der Waals surface area contributed by atoms with E-state index < -0.39 is 10.0 Å². The Morgan fingerprint density at radius 1 is 1.23 bits per heavy atom. The van der Waals surface area contributed by atoms with Gasteiger partial charge in [0.25, 0.3) is 0 Å². The van der Waals surface area contributed by atoms with Crippen molar-refractivity contribution in [3.8, 4) is 0 Å². The molecule has 0 aliphatic carbocycles. The first-order valence-corrected chi connectivity index (χ1v) is 6.38. The minimum absolute atomic E-state index is 0.243. The van der Waals surface area contributed by atoms with Crippen molar-refractivity contribution in [1.29, 1.82) is 0 Å². The highest BCUT2D eigenvalue weighted by Crippen LogP contribution is 2.29. The van der Waals surface area contributed by atoms with Gasteiger partial charge in [0.05, 0.1) is 5.25 Å². The second-order valence-corrected chi connectivity index (χ2v) is 6.75. The standard InChI is InChI=1S/C9H19NO2S/c1-7(2)9-5-6-10(9)13(11,12)8(3)4/h7-9H,5-6H2,1-4H3/t9-/m0/s1. The minimum atomic E-state index is -3.00. The van der Waals surface area contributed by atoms with E-state index in [-0.39, 0.29) is 11.3 Å². The quantitative estimate of drug-likeness (QED) is 0.699. The van der Waals surface area contributed by atoms with E-state index in [9.17, 15) is 8.42 Å². The predicted octanol–water partition coefficient (Wildman–Crippen LogP) is 1.45. The van der Waals surface area contributed by atoms with Gasteiger partial charge in [0.1, 0.15) is 0 Å². The lowest BCUT2D eigenvalue weighted by Gasteiger charge is -2.43. The molecule has 1 rings (SSSR count). The lowest BCUT2D eigenvalue weighted by atomic mass is 9.95. The molecular formula is C9H19NO2S. The lowest BCUT2D eigenvalue weighted by Crippen LogP contribution is -2.55. The summed E-state index contributed by atoms with van der Waals surface area (Å²) in [5, 5.41) is -0.283. The van der Waals surface area contributed by atoms with Gasteiger partial charge in [-0.2, -0.15) is 4.31 Å². The largest absolute Gasteiger partial charge is 0.216 e. The summed E-state index contributed by atoms with van der Waals surface area (Å²) >= 11 is 0. The van der Waals surface area contributed by atoms with E-state index in [2.05, 4.69) is 13.8 Å². The molecule has 0 radical (unpaired) electrons. The Balaban J connectivity index is 2.75. The van der Waals surface area contributed by atoms with Crippen LogP contribution in [-0.4, -0.2) is 30.6 Å². The summed E-state index contributed by atoms with van der Waals surface area (Å²) in [6.07, 6.45) is 1.02. The van der Waals surface area contributed by atoms with Gasteiger partial charge in [-0.05, 0) is 26.2 Å². The molecule has 0 aromatic carbocycles. The van der Waals surface area contributed by atoms with Gasteiger partial charge in [-0.15, -0.1) is 0 Å². The maximum atomic E-state index is 11.8. The molecule has 1 saturated heterocycles. The predicted molar refractivity (Wildman–Crippen MR) is 54.0 cm³/mol. The molecule has 0 N–H and O–H groups in total. The van der Waals surface area contributed by atoms with E-state index in [0.717, 1.165) is 6.42 Å². The van der Waals surface area contributed by atoms with E-state index >= 15 is 0 Å². The van der Waals surface area contributed by atoms with Crippen LogP contribution in [0.25, 0.3) is 0 Å². The van der Waals surface area contributed by atoms with Crippen molar-refractivity contribution in [2.75, 3.05) is 6.54 Å². The maximum absolute atomic E-state index is 11.8. The van der Waals surface area contributed by atoms with Crippen molar-refractivity contribution in [2.24, 2.45) is 5.92 Å². The van der Waals surface area contributed by atoms with Gasteiger partial charge in [0.15, 0.2) is 0 Å². The molecule has 0 aromatic heterocycles. The van der Waals surface area contributed by atoms with Crippen molar-refractivity contribution in [1.82, 2.24) is 4.31 Å². The fourth-order valence-corrected chi connectivity index (χ4v) is 3.26. The molecule has 0 amide bonds. The first-order chi connectivity index (χ1) is 5.87. The van der Waals surface area contributed by atoms with E-state index in [1.54, 1.807) is 18.2 Å². The Labute approximate surface area is 81.2 Å². The van der Waals surface area contributed by atoms with Crippen LogP contribution in [0.4, 0.5) is 0 Å². The van der Waals surface area contributed by atoms with E-state index in [1.165, 1.54) is 0 Å². The van der Waals surface area contributed by atoms with Crippen LogP contribution in [0, 0.1) is 5.92 Å². The maximum Gasteiger partial charge on any atom is 0.216 e. The van der Waals surface area contributed by atoms with Gasteiger partial charge in [-0.3, -0.25) is 0 Å². The Kier molecular flexibility index (Phi) is 3.02. The first kappa shape index (κ1) is 11.0. The molecule has 13 heavy (non-hydrogen) atoms. The van der Waals surface area contributed by atoms with Crippen LogP contribution >= 0.6 is 0 Å². The van der Waals surface area contributed by atoms with E-state index in [4.69, 9.17) is 0 Å². The molecule has 0 spiro atoms. The Hall–Kier alpha value is -0.0900. The van der Waals surface area contributed by atoms with Crippen LogP contribution in [0.3, 0.4) is 0 Å². The highest BCUT2D eigenvalue weighted by atomic mass is 32.2. The average molecular weight is 205 g/mol. The van der Waals surface area contributed by atoms with Crippen LogP contribution in [0.5, 0.6) is 0 Å². The summed E-state index contributed by atoms with van der Waals surface area (Å²) in [7, 11) is -3.00. The molecule has 0 bridgehead atoms. The van der Waals surface area contributed by atoms with Crippen LogP contribution in [0.15, 0.2) is 0 Å². The molecule has 4 heteroatoms. The normalized spacial score (nSPS) is 25.2. The first-order valence-electron chi connectivity index (χ1n) is 4.88. The van der Waals surface area contributed by atoms with E-state index in [0.29, 0.717) is 12.5 Å². The number of rotatable bonds is 3. The Morgan fingerprint density at radius 3 is 2.00 bits per heavy atom. The van der Waals surface area contributed by atoms with Crippen LogP contribution in [-0.2, 0) is 10.0 Å². The number of sulfonamides is 1. The molecule has 0 saturated carbocycles. The molecule has 0 aromatic rings. The SMILES string of the molecule is CC(C)[C@@H]1CCN1S(=O)(=O)C(C)C. The molecule has 1 aliphatic heterocycles. The monoisotopic (exact) mass is 205 g/mol. The zero-order chi connectivity index (χ0) is 10.2. The van der Waals surface area contributed by atoms with Gasteiger partial charge in [-0.25, -0.2) is 8.42 Å². The van der Waals surface area contributed by atoms with Crippen molar-refractivity contribution in [2.45, 2.75) is 45.4 Å². The van der Waals surface area contributed by atoms with Crippen LogP contribution in [0.2, 0.25) is 0 Å². The Morgan fingerprint density at radius 2 is 1.77 bits per heavy atom. The smallest absolute Gasteiger partial charge is 0.212 e. The average Bonchev–Trinajstić information content (AvgIpc) is 1.80. The third kappa shape index (κ3) is 1.89. The molecule has 1 heterocycles. The number of hydrogen-bond donors (Lipinski definition) is 0. The second kappa shape index (κ2) is 3.58. The minimum Gasteiger partial charge on any atom is -0.212 e. The fourth-order valence-electron chi connectivity index (χ4n) is 1.64. The molecule has 3 nitrogen and oxygen atoms in total. The van der Waals surface area contributed by atoms with Crippen LogP contribution in [0.1, 0.15) is 34.1 Å². The van der Waals surface area contributed by atoms with Gasteiger partial charge in [0.2, 0.25) is 10.0 Å². The highest BCUT2D eigenvalue weighted by Gasteiger charge is 2.40. The second-order valence-electron chi connectivity index (χ2n) is 4.30. The van der Waals surface area contributed by atoms with Gasteiger partial charge in [-0.1, -0.05) is 13.8 Å². The topological polar surface area (TPSA) is 37.4 Å². The Bertz CT molecular complexity index is 269.